The molecule has 2 aromatic heterocycles. The van der Waals surface area contributed by atoms with Crippen molar-refractivity contribution in [2.24, 2.45) is 0 Å². The van der Waals surface area contributed by atoms with Gasteiger partial charge in [-0.1, -0.05) is 11.6 Å². The van der Waals surface area contributed by atoms with E-state index in [-0.39, 0.29) is 0 Å². The van der Waals surface area contributed by atoms with E-state index in [1.54, 1.807) is 6.33 Å². The maximum Gasteiger partial charge on any atom is 0.165 e. The van der Waals surface area contributed by atoms with Gasteiger partial charge in [0.25, 0.3) is 0 Å². The van der Waals surface area contributed by atoms with Crippen LogP contribution in [-0.4, -0.2) is 19.5 Å². The molecule has 74 valence electrons. The SMILES string of the molecule is Cc1nc(Cl)c2ncn(C(C)C)c2n1. The molecule has 4 nitrogen and oxygen atoms in total. The summed E-state index contributed by atoms with van der Waals surface area (Å²) >= 11 is 5.95. The van der Waals surface area contributed by atoms with E-state index < -0.39 is 0 Å². The van der Waals surface area contributed by atoms with Gasteiger partial charge in [0.05, 0.1) is 6.33 Å². The van der Waals surface area contributed by atoms with E-state index in [0.717, 1.165) is 5.65 Å². The Morgan fingerprint density at radius 2 is 2.07 bits per heavy atom. The van der Waals surface area contributed by atoms with Crippen LogP contribution in [0.2, 0.25) is 5.15 Å². The van der Waals surface area contributed by atoms with Crippen molar-refractivity contribution in [3.8, 4) is 0 Å². The second-order valence-electron chi connectivity index (χ2n) is 3.48. The van der Waals surface area contributed by atoms with Crippen molar-refractivity contribution in [1.82, 2.24) is 19.5 Å². The van der Waals surface area contributed by atoms with Gasteiger partial charge in [-0.25, -0.2) is 15.0 Å². The van der Waals surface area contributed by atoms with E-state index in [1.165, 1.54) is 0 Å². The molecule has 0 aliphatic rings. The minimum Gasteiger partial charge on any atom is -0.313 e. The summed E-state index contributed by atoms with van der Waals surface area (Å²) in [7, 11) is 0. The highest BCUT2D eigenvalue weighted by atomic mass is 35.5. The fourth-order valence-electron chi connectivity index (χ4n) is 1.36. The largest absolute Gasteiger partial charge is 0.313 e. The van der Waals surface area contributed by atoms with Gasteiger partial charge < -0.3 is 4.57 Å². The molecule has 0 fully saturated rings. The summed E-state index contributed by atoms with van der Waals surface area (Å²) in [6.07, 6.45) is 1.75. The normalized spacial score (nSPS) is 11.5. The van der Waals surface area contributed by atoms with Crippen molar-refractivity contribution in [2.75, 3.05) is 0 Å². The topological polar surface area (TPSA) is 43.6 Å². The smallest absolute Gasteiger partial charge is 0.165 e. The molecule has 0 saturated carbocycles. The van der Waals surface area contributed by atoms with Gasteiger partial charge in [0, 0.05) is 6.04 Å². The highest BCUT2D eigenvalue weighted by Gasteiger charge is 2.11. The number of nitrogens with zero attached hydrogens (tertiary/aromatic N) is 4. The molecule has 0 N–H and O–H groups in total. The van der Waals surface area contributed by atoms with Crippen molar-refractivity contribution >= 4 is 22.8 Å². The Morgan fingerprint density at radius 3 is 2.71 bits per heavy atom. The van der Waals surface area contributed by atoms with E-state index in [9.17, 15) is 0 Å². The molecular weight excluding hydrogens is 200 g/mol. The van der Waals surface area contributed by atoms with E-state index in [1.807, 2.05) is 11.5 Å². The molecule has 0 unspecified atom stereocenters. The molecule has 14 heavy (non-hydrogen) atoms. The van der Waals surface area contributed by atoms with Crippen LogP contribution >= 0.6 is 11.6 Å². The number of aryl methyl sites for hydroxylation is 1. The third-order valence-corrected chi connectivity index (χ3v) is 2.31. The van der Waals surface area contributed by atoms with Crippen molar-refractivity contribution in [2.45, 2.75) is 26.8 Å². The number of fused-ring (bicyclic) bond motifs is 1. The second-order valence-corrected chi connectivity index (χ2v) is 3.84. The van der Waals surface area contributed by atoms with Gasteiger partial charge in [-0.3, -0.25) is 0 Å². The van der Waals surface area contributed by atoms with Crippen LogP contribution in [0.3, 0.4) is 0 Å². The molecule has 2 aromatic rings. The van der Waals surface area contributed by atoms with Crippen LogP contribution in [0.1, 0.15) is 25.7 Å². The number of hydrogen-bond donors (Lipinski definition) is 0. The Balaban J connectivity index is 2.78. The summed E-state index contributed by atoms with van der Waals surface area (Å²) in [5, 5.41) is 0.423. The van der Waals surface area contributed by atoms with Gasteiger partial charge in [0.2, 0.25) is 0 Å². The van der Waals surface area contributed by atoms with Crippen LogP contribution in [0.15, 0.2) is 6.33 Å². The Kier molecular flexibility index (Phi) is 2.15. The van der Waals surface area contributed by atoms with Crippen LogP contribution in [-0.2, 0) is 0 Å². The zero-order valence-corrected chi connectivity index (χ0v) is 9.08. The van der Waals surface area contributed by atoms with Crippen LogP contribution in [0.4, 0.5) is 0 Å². The molecule has 0 atom stereocenters. The molecule has 0 aromatic carbocycles. The van der Waals surface area contributed by atoms with Gasteiger partial charge in [-0.15, -0.1) is 0 Å². The zero-order valence-electron chi connectivity index (χ0n) is 8.32. The molecule has 2 heterocycles. The lowest BCUT2D eigenvalue weighted by Crippen LogP contribution is -2.01. The minimum absolute atomic E-state index is 0.324. The molecule has 5 heteroatoms. The molecule has 0 bridgehead atoms. The van der Waals surface area contributed by atoms with Gasteiger partial charge >= 0.3 is 0 Å². The molecule has 0 aliphatic heterocycles. The second kappa shape index (κ2) is 3.20. The first-order valence-corrected chi connectivity index (χ1v) is 4.84. The minimum atomic E-state index is 0.324. The Morgan fingerprint density at radius 1 is 1.36 bits per heavy atom. The third-order valence-electron chi connectivity index (χ3n) is 2.05. The van der Waals surface area contributed by atoms with Gasteiger partial charge in [-0.2, -0.15) is 0 Å². The average molecular weight is 211 g/mol. The summed E-state index contributed by atoms with van der Waals surface area (Å²) in [6.45, 7) is 5.97. The predicted octanol–water partition coefficient (Wildman–Crippen LogP) is 2.37. The molecule has 0 amide bonds. The number of halogens is 1. The highest BCUT2D eigenvalue weighted by molar-refractivity contribution is 6.33. The molecule has 2 rings (SSSR count). The van der Waals surface area contributed by atoms with Crippen LogP contribution < -0.4 is 0 Å². The summed E-state index contributed by atoms with van der Waals surface area (Å²) in [5.41, 5.74) is 1.48. The number of hydrogen-bond acceptors (Lipinski definition) is 3. The maximum absolute atomic E-state index is 5.95. The molecule has 0 saturated heterocycles. The van der Waals surface area contributed by atoms with E-state index in [4.69, 9.17) is 11.6 Å². The first-order chi connectivity index (χ1) is 6.59. The van der Waals surface area contributed by atoms with Gasteiger partial charge in [-0.05, 0) is 20.8 Å². The van der Waals surface area contributed by atoms with Gasteiger partial charge in [0.15, 0.2) is 10.8 Å². The lowest BCUT2D eigenvalue weighted by molar-refractivity contribution is 0.612. The quantitative estimate of drug-likeness (QED) is 0.679. The first-order valence-electron chi connectivity index (χ1n) is 4.46. The third kappa shape index (κ3) is 1.35. The standard InChI is InChI=1S/C9H11ClN4/c1-5(2)14-4-11-7-8(10)12-6(3)13-9(7)14/h4-5H,1-3H3. The van der Waals surface area contributed by atoms with Crippen LogP contribution in [0.25, 0.3) is 11.2 Å². The summed E-state index contributed by atoms with van der Waals surface area (Å²) < 4.78 is 1.98. The number of aromatic nitrogens is 4. The van der Waals surface area contributed by atoms with E-state index in [0.29, 0.717) is 22.5 Å². The average Bonchev–Trinajstić information content (AvgIpc) is 2.47. The van der Waals surface area contributed by atoms with Gasteiger partial charge in [0.1, 0.15) is 11.3 Å². The predicted molar refractivity (Wildman–Crippen MR) is 55.5 cm³/mol. The fourth-order valence-corrected chi connectivity index (χ4v) is 1.62. The van der Waals surface area contributed by atoms with Crippen molar-refractivity contribution in [1.29, 1.82) is 0 Å². The van der Waals surface area contributed by atoms with Crippen molar-refractivity contribution in [3.63, 3.8) is 0 Å². The van der Waals surface area contributed by atoms with E-state index in [2.05, 4.69) is 28.8 Å². The Bertz CT molecular complexity index is 475. The molecule has 0 radical (unpaired) electrons. The zero-order chi connectivity index (χ0) is 10.3. The monoisotopic (exact) mass is 210 g/mol. The summed E-state index contributed by atoms with van der Waals surface area (Å²) in [5.74, 6) is 0.671. The highest BCUT2D eigenvalue weighted by Crippen LogP contribution is 2.20. The van der Waals surface area contributed by atoms with Crippen molar-refractivity contribution in [3.05, 3.63) is 17.3 Å². The number of imidazole rings is 1. The molecular formula is C9H11ClN4. The lowest BCUT2D eigenvalue weighted by Gasteiger charge is -2.06. The fraction of sp³-hybridized carbons (Fsp3) is 0.444. The first kappa shape index (κ1) is 9.40. The van der Waals surface area contributed by atoms with Crippen LogP contribution in [0.5, 0.6) is 0 Å². The Hall–Kier alpha value is -1.16. The Labute approximate surface area is 87.0 Å². The van der Waals surface area contributed by atoms with Crippen LogP contribution in [0, 0.1) is 6.92 Å². The number of rotatable bonds is 1. The summed E-state index contributed by atoms with van der Waals surface area (Å²) in [4.78, 5) is 12.6. The lowest BCUT2D eigenvalue weighted by atomic mass is 10.4. The van der Waals surface area contributed by atoms with E-state index >= 15 is 0 Å². The van der Waals surface area contributed by atoms with Crippen molar-refractivity contribution < 1.29 is 0 Å². The molecule has 0 spiro atoms. The molecule has 0 aliphatic carbocycles. The maximum atomic E-state index is 5.95. The summed E-state index contributed by atoms with van der Waals surface area (Å²) in [6, 6.07) is 0.324.